The summed E-state index contributed by atoms with van der Waals surface area (Å²) in [6.07, 6.45) is 0.679. The Hall–Kier alpha value is -1.39. The van der Waals surface area contributed by atoms with Gasteiger partial charge in [0, 0.05) is 6.04 Å². The zero-order valence-electron chi connectivity index (χ0n) is 10.2. The zero-order valence-corrected chi connectivity index (χ0v) is 10.2. The van der Waals surface area contributed by atoms with Gasteiger partial charge in [0.15, 0.2) is 0 Å². The van der Waals surface area contributed by atoms with Crippen LogP contribution in [0.5, 0.6) is 0 Å². The maximum Gasteiger partial charge on any atom is 0.322 e. The molecule has 0 radical (unpaired) electrons. The third-order valence-electron chi connectivity index (χ3n) is 2.59. The fraction of sp³-hybridized carbons (Fsp3) is 0.462. The molecule has 2 N–H and O–H groups in total. The highest BCUT2D eigenvalue weighted by molar-refractivity contribution is 5.75. The Morgan fingerprint density at radius 1 is 1.41 bits per heavy atom. The summed E-state index contributed by atoms with van der Waals surface area (Å²) in [5, 5.41) is 12.3. The number of rotatable bonds is 6. The molecule has 0 aliphatic heterocycles. The Morgan fingerprint density at radius 3 is 2.59 bits per heavy atom. The molecule has 4 heteroatoms. The van der Waals surface area contributed by atoms with Gasteiger partial charge in [-0.05, 0) is 18.9 Å². The molecule has 0 spiro atoms. The molecular formula is C13H19NO3. The highest BCUT2D eigenvalue weighted by atomic mass is 16.5. The second kappa shape index (κ2) is 7.04. The minimum Gasteiger partial charge on any atom is -0.468 e. The lowest BCUT2D eigenvalue weighted by atomic mass is 10.1. The third-order valence-corrected chi connectivity index (χ3v) is 2.59. The topological polar surface area (TPSA) is 58.6 Å². The number of aliphatic hydroxyl groups is 1. The van der Waals surface area contributed by atoms with E-state index in [4.69, 9.17) is 0 Å². The lowest BCUT2D eigenvalue weighted by Gasteiger charge is -2.20. The molecule has 0 fully saturated rings. The van der Waals surface area contributed by atoms with Gasteiger partial charge < -0.3 is 9.84 Å². The van der Waals surface area contributed by atoms with Crippen LogP contribution >= 0.6 is 0 Å². The van der Waals surface area contributed by atoms with E-state index in [0.29, 0.717) is 6.42 Å². The van der Waals surface area contributed by atoms with E-state index in [9.17, 15) is 9.90 Å². The van der Waals surface area contributed by atoms with Crippen LogP contribution in [-0.2, 0) is 16.0 Å². The zero-order chi connectivity index (χ0) is 12.7. The van der Waals surface area contributed by atoms with Crippen LogP contribution in [-0.4, -0.2) is 36.9 Å². The molecule has 1 aromatic carbocycles. The lowest BCUT2D eigenvalue weighted by molar-refractivity contribution is -0.142. The number of hydrogen-bond acceptors (Lipinski definition) is 4. The molecule has 94 valence electrons. The largest absolute Gasteiger partial charge is 0.468 e. The van der Waals surface area contributed by atoms with Crippen molar-refractivity contribution < 1.29 is 14.6 Å². The van der Waals surface area contributed by atoms with Gasteiger partial charge in [-0.2, -0.15) is 0 Å². The van der Waals surface area contributed by atoms with E-state index < -0.39 is 6.04 Å². The highest BCUT2D eigenvalue weighted by Crippen LogP contribution is 2.03. The number of hydrogen-bond donors (Lipinski definition) is 2. The minimum atomic E-state index is -0.416. The Bertz CT molecular complexity index is 340. The van der Waals surface area contributed by atoms with Crippen LogP contribution in [0.15, 0.2) is 30.3 Å². The first-order valence-corrected chi connectivity index (χ1v) is 5.66. The van der Waals surface area contributed by atoms with Crippen molar-refractivity contribution >= 4 is 5.97 Å². The first-order chi connectivity index (χ1) is 8.17. The first kappa shape index (κ1) is 13.7. The molecule has 4 nitrogen and oxygen atoms in total. The number of aliphatic hydroxyl groups excluding tert-OH is 1. The summed E-state index contributed by atoms with van der Waals surface area (Å²) >= 11 is 0. The molecule has 0 aliphatic rings. The van der Waals surface area contributed by atoms with Gasteiger partial charge in [-0.1, -0.05) is 30.3 Å². The number of methoxy groups -OCH3 is 1. The molecule has 0 saturated carbocycles. The Balaban J connectivity index is 2.52. The van der Waals surface area contributed by atoms with Gasteiger partial charge in [0.05, 0.1) is 13.7 Å². The minimum absolute atomic E-state index is 0.0176. The quantitative estimate of drug-likeness (QED) is 0.717. The van der Waals surface area contributed by atoms with E-state index in [0.717, 1.165) is 5.56 Å². The fourth-order valence-electron chi connectivity index (χ4n) is 1.67. The average molecular weight is 237 g/mol. The summed E-state index contributed by atoms with van der Waals surface area (Å²) in [4.78, 5) is 11.2. The summed E-state index contributed by atoms with van der Waals surface area (Å²) in [5.74, 6) is -0.323. The second-order valence-electron chi connectivity index (χ2n) is 3.98. The molecule has 0 bridgehead atoms. The highest BCUT2D eigenvalue weighted by Gasteiger charge is 2.17. The molecule has 1 aromatic rings. The summed E-state index contributed by atoms with van der Waals surface area (Å²) in [6.45, 7) is 1.70. The maximum absolute atomic E-state index is 11.2. The van der Waals surface area contributed by atoms with Gasteiger partial charge >= 0.3 is 5.97 Å². The number of carbonyl (C=O) groups is 1. The van der Waals surface area contributed by atoms with Crippen molar-refractivity contribution in [3.8, 4) is 0 Å². The summed E-state index contributed by atoms with van der Waals surface area (Å²) in [5.41, 5.74) is 1.12. The van der Waals surface area contributed by atoms with Crippen molar-refractivity contribution in [2.75, 3.05) is 13.7 Å². The van der Waals surface area contributed by atoms with E-state index in [2.05, 4.69) is 10.1 Å². The maximum atomic E-state index is 11.2. The van der Waals surface area contributed by atoms with Crippen molar-refractivity contribution in [3.05, 3.63) is 35.9 Å². The Morgan fingerprint density at radius 2 is 2.06 bits per heavy atom. The third kappa shape index (κ3) is 4.54. The molecule has 0 saturated heterocycles. The van der Waals surface area contributed by atoms with Gasteiger partial charge in [-0.25, -0.2) is 0 Å². The predicted octanol–water partition coefficient (Wildman–Crippen LogP) is 0.741. The van der Waals surface area contributed by atoms with Gasteiger partial charge in [0.1, 0.15) is 6.04 Å². The number of esters is 1. The Labute approximate surface area is 102 Å². The van der Waals surface area contributed by atoms with Gasteiger partial charge in [0.2, 0.25) is 0 Å². The predicted molar refractivity (Wildman–Crippen MR) is 65.6 cm³/mol. The van der Waals surface area contributed by atoms with Crippen LogP contribution in [0.1, 0.15) is 12.5 Å². The van der Waals surface area contributed by atoms with Crippen LogP contribution in [0.3, 0.4) is 0 Å². The van der Waals surface area contributed by atoms with Crippen LogP contribution in [0.4, 0.5) is 0 Å². The Kier molecular flexibility index (Phi) is 5.66. The van der Waals surface area contributed by atoms with E-state index in [1.54, 1.807) is 6.92 Å². The second-order valence-corrected chi connectivity index (χ2v) is 3.98. The van der Waals surface area contributed by atoms with Gasteiger partial charge in [-0.15, -0.1) is 0 Å². The van der Waals surface area contributed by atoms with Crippen LogP contribution in [0.2, 0.25) is 0 Å². The number of nitrogens with one attached hydrogen (secondary N) is 1. The average Bonchev–Trinajstić information content (AvgIpc) is 2.38. The van der Waals surface area contributed by atoms with Crippen molar-refractivity contribution in [3.63, 3.8) is 0 Å². The summed E-state index contributed by atoms with van der Waals surface area (Å²) < 4.78 is 4.62. The SMILES string of the molecule is COC(=O)C(C)N[C@@H](CO)Cc1ccccc1. The first-order valence-electron chi connectivity index (χ1n) is 5.66. The van der Waals surface area contributed by atoms with Crippen molar-refractivity contribution in [2.24, 2.45) is 0 Å². The number of ether oxygens (including phenoxy) is 1. The smallest absolute Gasteiger partial charge is 0.322 e. The van der Waals surface area contributed by atoms with Crippen molar-refractivity contribution in [2.45, 2.75) is 25.4 Å². The molecular weight excluding hydrogens is 218 g/mol. The monoisotopic (exact) mass is 237 g/mol. The van der Waals surface area contributed by atoms with Crippen molar-refractivity contribution in [1.82, 2.24) is 5.32 Å². The normalized spacial score (nSPS) is 14.1. The molecule has 0 amide bonds. The van der Waals surface area contributed by atoms with Crippen LogP contribution < -0.4 is 5.32 Å². The van der Waals surface area contributed by atoms with Crippen molar-refractivity contribution in [1.29, 1.82) is 0 Å². The number of benzene rings is 1. The standard InChI is InChI=1S/C13H19NO3/c1-10(13(16)17-2)14-12(9-15)8-11-6-4-3-5-7-11/h3-7,10,12,14-15H,8-9H2,1-2H3/t10?,12-/m1/s1. The molecule has 0 heterocycles. The molecule has 2 atom stereocenters. The van der Waals surface area contributed by atoms with E-state index in [-0.39, 0.29) is 18.6 Å². The number of carbonyl (C=O) groups excluding carboxylic acids is 1. The molecule has 17 heavy (non-hydrogen) atoms. The van der Waals surface area contributed by atoms with E-state index in [1.807, 2.05) is 30.3 Å². The van der Waals surface area contributed by atoms with Gasteiger partial charge in [0.25, 0.3) is 0 Å². The summed E-state index contributed by atoms with van der Waals surface area (Å²) in [6, 6.07) is 9.27. The fourth-order valence-corrected chi connectivity index (χ4v) is 1.67. The van der Waals surface area contributed by atoms with Crippen LogP contribution in [0, 0.1) is 0 Å². The molecule has 1 rings (SSSR count). The molecule has 1 unspecified atom stereocenters. The molecule has 0 aliphatic carbocycles. The molecule has 0 aromatic heterocycles. The summed E-state index contributed by atoms with van der Waals surface area (Å²) in [7, 11) is 1.35. The van der Waals surface area contributed by atoms with E-state index >= 15 is 0 Å². The van der Waals surface area contributed by atoms with Gasteiger partial charge in [-0.3, -0.25) is 10.1 Å². The van der Waals surface area contributed by atoms with Crippen LogP contribution in [0.25, 0.3) is 0 Å². The van der Waals surface area contributed by atoms with E-state index in [1.165, 1.54) is 7.11 Å². The lowest BCUT2D eigenvalue weighted by Crippen LogP contribution is -2.44.